The number of benzene rings is 3. The number of anilines is 2. The molecular formula is C55H67N7O13. The number of fused-ring (bicyclic) bond motifs is 4. The molecule has 20 nitrogen and oxygen atoms in total. The third-order valence-corrected chi connectivity index (χ3v) is 13.2. The molecule has 4 aliphatic rings. The first-order valence-corrected chi connectivity index (χ1v) is 25.0. The van der Waals surface area contributed by atoms with Gasteiger partial charge in [-0.15, -0.1) is 0 Å². The topological polar surface area (TPSA) is 236 Å². The molecule has 0 saturated heterocycles. The van der Waals surface area contributed by atoms with Crippen molar-refractivity contribution in [1.29, 1.82) is 0 Å². The standard InChI is InChI=1S/C55H67N7O13/c1-9-17-74-54(68)50(64)49(32(2)3)57-27-44(63)35(6)58-31-59-37-15-13-36(14-16-37)30-75-55(69)62-42-25-48(46(71-8)23-40(42)52(66)61-29-34(5)21-43(61)53(62)67)73-19-12-10-11-18-72-47-24-41-39(22-45(47)70-7)51(65)60-28-33(4)20-38(60)26-56-41/h9,13-16,22-26,28-29,32,35,38,43,49,53,57-59,67H,1,10-12,17-21,27,30-31H2,2-8H3/t35-,38-,43-,49-,53-/m0/s1. The van der Waals surface area contributed by atoms with Crippen molar-refractivity contribution in [2.24, 2.45) is 10.9 Å². The van der Waals surface area contributed by atoms with Crippen LogP contribution in [0.1, 0.15) is 93.0 Å². The van der Waals surface area contributed by atoms with Crippen molar-refractivity contribution >= 4 is 58.7 Å². The molecule has 0 saturated carbocycles. The van der Waals surface area contributed by atoms with Crippen LogP contribution in [0.5, 0.6) is 23.0 Å². The maximum Gasteiger partial charge on any atom is 0.416 e. The summed E-state index contributed by atoms with van der Waals surface area (Å²) in [6, 6.07) is 11.1. The molecule has 75 heavy (non-hydrogen) atoms. The number of carbonyl (C=O) groups excluding carboxylic acids is 6. The second-order valence-corrected chi connectivity index (χ2v) is 19.1. The minimum atomic E-state index is -1.48. The summed E-state index contributed by atoms with van der Waals surface area (Å²) in [5, 5.41) is 21.0. The van der Waals surface area contributed by atoms with Gasteiger partial charge in [0.1, 0.15) is 13.2 Å². The number of aliphatic hydroxyl groups excluding tert-OH is 1. The smallest absolute Gasteiger partial charge is 0.416 e. The molecule has 0 radical (unpaired) electrons. The van der Waals surface area contributed by atoms with Gasteiger partial charge in [-0.1, -0.05) is 49.8 Å². The lowest BCUT2D eigenvalue weighted by Gasteiger charge is -2.31. The van der Waals surface area contributed by atoms with Gasteiger partial charge in [-0.2, -0.15) is 0 Å². The summed E-state index contributed by atoms with van der Waals surface area (Å²) in [6.07, 6.45) is 7.41. The summed E-state index contributed by atoms with van der Waals surface area (Å²) in [4.78, 5) is 88.0. The molecule has 3 aromatic carbocycles. The molecule has 0 bridgehead atoms. The summed E-state index contributed by atoms with van der Waals surface area (Å²) in [7, 11) is 2.98. The lowest BCUT2D eigenvalue weighted by Crippen LogP contribution is -2.50. The average Bonchev–Trinajstić information content (AvgIpc) is 3.94. The Morgan fingerprint density at radius 3 is 2.12 bits per heavy atom. The van der Waals surface area contributed by atoms with E-state index in [0.29, 0.717) is 66.3 Å². The lowest BCUT2D eigenvalue weighted by atomic mass is 9.99. The van der Waals surface area contributed by atoms with Crippen LogP contribution in [0.2, 0.25) is 0 Å². The van der Waals surface area contributed by atoms with Crippen molar-refractivity contribution in [3.63, 3.8) is 0 Å². The summed E-state index contributed by atoms with van der Waals surface area (Å²) < 4.78 is 34.3. The Labute approximate surface area is 436 Å². The van der Waals surface area contributed by atoms with Gasteiger partial charge in [-0.25, -0.2) is 14.5 Å². The van der Waals surface area contributed by atoms with Crippen LogP contribution >= 0.6 is 0 Å². The fraction of sp³-hybridized carbons (Fsp3) is 0.436. The number of aliphatic hydroxyl groups is 1. The van der Waals surface area contributed by atoms with Crippen molar-refractivity contribution in [2.75, 3.05) is 57.5 Å². The fourth-order valence-electron chi connectivity index (χ4n) is 9.10. The molecule has 400 valence electrons. The molecule has 7 rings (SSSR count). The number of hydrogen-bond donors (Lipinski definition) is 4. The summed E-state index contributed by atoms with van der Waals surface area (Å²) in [5.74, 6) is -1.35. The highest BCUT2D eigenvalue weighted by molar-refractivity contribution is 6.35. The maximum absolute atomic E-state index is 14.1. The van der Waals surface area contributed by atoms with Crippen molar-refractivity contribution in [2.45, 2.75) is 104 Å². The number of nitrogens with zero attached hydrogens (tertiary/aromatic N) is 4. The first-order chi connectivity index (χ1) is 36.0. The first-order valence-electron chi connectivity index (χ1n) is 25.0. The van der Waals surface area contributed by atoms with E-state index in [-0.39, 0.29) is 79.4 Å². The van der Waals surface area contributed by atoms with Crippen LogP contribution in [0, 0.1) is 5.92 Å². The van der Waals surface area contributed by atoms with Gasteiger partial charge >= 0.3 is 12.1 Å². The number of aliphatic imine (C=N–C) groups is 1. The molecular weight excluding hydrogens is 967 g/mol. The van der Waals surface area contributed by atoms with Crippen LogP contribution in [0.4, 0.5) is 21.9 Å². The predicted molar refractivity (Wildman–Crippen MR) is 280 cm³/mol. The Hall–Kier alpha value is -7.55. The first kappa shape index (κ1) is 55.2. The average molecular weight is 1030 g/mol. The zero-order valence-electron chi connectivity index (χ0n) is 43.5. The highest BCUT2D eigenvalue weighted by atomic mass is 16.6. The number of ketones is 2. The second-order valence-electron chi connectivity index (χ2n) is 19.1. The third-order valence-electron chi connectivity index (χ3n) is 13.2. The molecule has 4 heterocycles. The number of rotatable bonds is 25. The zero-order valence-corrected chi connectivity index (χ0v) is 43.5. The predicted octanol–water partition coefficient (Wildman–Crippen LogP) is 6.59. The highest BCUT2D eigenvalue weighted by Crippen LogP contribution is 2.43. The number of methoxy groups -OCH3 is 2. The van der Waals surface area contributed by atoms with E-state index in [1.807, 2.05) is 20.0 Å². The van der Waals surface area contributed by atoms with Crippen molar-refractivity contribution < 1.29 is 62.3 Å². The molecule has 0 aromatic heterocycles. The minimum Gasteiger partial charge on any atom is -0.493 e. The SMILES string of the molecule is C=CCOC(=O)C(=O)[C@@H](NCC(=O)[C@H](C)NCNc1ccc(COC(=O)N2c3cc(OCCCCCOc4cc5c(cc4OC)C(=O)N4C=C(C)C[C@H]4C=N5)c(OC)cc3C(=O)N3C=C(C)C[C@H]3[C@@H]2O)cc1)C(C)C. The monoisotopic (exact) mass is 1030 g/mol. The van der Waals surface area contributed by atoms with Crippen LogP contribution in [0.3, 0.4) is 0 Å². The summed E-state index contributed by atoms with van der Waals surface area (Å²) >= 11 is 0. The number of nitrogens with one attached hydrogen (secondary N) is 3. The van der Waals surface area contributed by atoms with Gasteiger partial charge in [-0.3, -0.25) is 34.8 Å². The van der Waals surface area contributed by atoms with Gasteiger partial charge in [0.25, 0.3) is 17.6 Å². The van der Waals surface area contributed by atoms with Crippen molar-refractivity contribution in [3.05, 3.63) is 101 Å². The Morgan fingerprint density at radius 2 is 1.45 bits per heavy atom. The van der Waals surface area contributed by atoms with Crippen LogP contribution in [0.15, 0.2) is 89.7 Å². The van der Waals surface area contributed by atoms with Gasteiger partial charge in [-0.05, 0) is 88.6 Å². The molecule has 0 fully saturated rings. The Kier molecular flexibility index (Phi) is 18.5. The summed E-state index contributed by atoms with van der Waals surface area (Å²) in [5.41, 5.74) is 4.49. The van der Waals surface area contributed by atoms with Crippen LogP contribution in [-0.2, 0) is 30.5 Å². The van der Waals surface area contributed by atoms with E-state index in [9.17, 15) is 33.9 Å². The van der Waals surface area contributed by atoms with E-state index < -0.39 is 48.1 Å². The van der Waals surface area contributed by atoms with Gasteiger partial charge in [0.15, 0.2) is 35.0 Å². The molecule has 0 unspecified atom stereocenters. The number of unbranched alkanes of at least 4 members (excludes halogenated alkanes) is 2. The third kappa shape index (κ3) is 13.0. The second kappa shape index (κ2) is 25.1. The van der Waals surface area contributed by atoms with Crippen LogP contribution < -0.4 is 39.8 Å². The van der Waals surface area contributed by atoms with E-state index in [0.717, 1.165) is 22.5 Å². The van der Waals surface area contributed by atoms with Crippen LogP contribution in [0.25, 0.3) is 0 Å². The number of ether oxygens (including phenoxy) is 6. The number of Topliss-reactive ketones (excluding diaryl/α,β-unsaturated/α-hetero) is 2. The van der Waals surface area contributed by atoms with E-state index in [1.54, 1.807) is 74.5 Å². The lowest BCUT2D eigenvalue weighted by molar-refractivity contribution is -0.154. The van der Waals surface area contributed by atoms with E-state index in [4.69, 9.17) is 28.4 Å². The minimum absolute atomic E-state index is 0.0897. The maximum atomic E-state index is 14.1. The van der Waals surface area contributed by atoms with Crippen LogP contribution in [-0.4, -0.2) is 134 Å². The Balaban J connectivity index is 0.923. The molecule has 3 amide bonds. The van der Waals surface area contributed by atoms with Gasteiger partial charge in [0, 0.05) is 36.4 Å². The molecule has 20 heteroatoms. The van der Waals surface area contributed by atoms with Gasteiger partial charge in [0.2, 0.25) is 0 Å². The number of amides is 3. The van der Waals surface area contributed by atoms with E-state index in [1.165, 1.54) is 37.3 Å². The molecule has 4 aliphatic heterocycles. The zero-order chi connectivity index (χ0) is 53.9. The molecule has 5 atom stereocenters. The molecule has 0 aliphatic carbocycles. The normalized spacial score (nSPS) is 18.3. The van der Waals surface area contributed by atoms with Crippen molar-refractivity contribution in [3.8, 4) is 23.0 Å². The number of carbonyl (C=O) groups is 6. The number of esters is 1. The Bertz CT molecular complexity index is 2740. The Morgan fingerprint density at radius 1 is 0.813 bits per heavy atom. The van der Waals surface area contributed by atoms with E-state index >= 15 is 0 Å². The van der Waals surface area contributed by atoms with Gasteiger partial charge in [0.05, 0.1) is 87.3 Å². The number of hydrogen-bond acceptors (Lipinski definition) is 17. The summed E-state index contributed by atoms with van der Waals surface area (Å²) in [6.45, 7) is 13.0. The quantitative estimate of drug-likeness (QED) is 0.0230. The van der Waals surface area contributed by atoms with E-state index in [2.05, 4.69) is 27.5 Å². The van der Waals surface area contributed by atoms with Crippen molar-refractivity contribution in [1.82, 2.24) is 20.4 Å². The van der Waals surface area contributed by atoms with Gasteiger partial charge < -0.3 is 48.6 Å². The largest absolute Gasteiger partial charge is 0.493 e. The molecule has 3 aromatic rings. The fourth-order valence-corrected chi connectivity index (χ4v) is 9.10. The molecule has 0 spiro atoms. The molecule has 4 N–H and O–H groups in total. The highest BCUT2D eigenvalue weighted by Gasteiger charge is 2.45.